The highest BCUT2D eigenvalue weighted by Crippen LogP contribution is 2.24. The van der Waals surface area contributed by atoms with E-state index < -0.39 is 0 Å². The van der Waals surface area contributed by atoms with Crippen molar-refractivity contribution in [2.75, 3.05) is 0 Å². The van der Waals surface area contributed by atoms with Crippen molar-refractivity contribution in [1.29, 1.82) is 0 Å². The van der Waals surface area contributed by atoms with E-state index in [0.717, 1.165) is 17.0 Å². The predicted octanol–water partition coefficient (Wildman–Crippen LogP) is 4.94. The van der Waals surface area contributed by atoms with Gasteiger partial charge in [0.25, 0.3) is 0 Å². The van der Waals surface area contributed by atoms with Gasteiger partial charge in [0.05, 0.1) is 5.69 Å². The summed E-state index contributed by atoms with van der Waals surface area (Å²) in [6.45, 7) is 12.6. The quantitative estimate of drug-likeness (QED) is 0.617. The molecule has 0 unspecified atom stereocenters. The van der Waals surface area contributed by atoms with E-state index in [1.807, 2.05) is 13.1 Å². The van der Waals surface area contributed by atoms with Crippen LogP contribution in [0.5, 0.6) is 0 Å². The summed E-state index contributed by atoms with van der Waals surface area (Å²) in [4.78, 5) is 9.44. The van der Waals surface area contributed by atoms with Crippen molar-refractivity contribution in [3.05, 3.63) is 63.6 Å². The molecule has 0 N–H and O–H groups in total. The number of aliphatic imine (C=N–C) groups is 1. The van der Waals surface area contributed by atoms with Crippen molar-refractivity contribution in [1.82, 2.24) is 9.38 Å². The first-order chi connectivity index (χ1) is 10.9. The van der Waals surface area contributed by atoms with Crippen LogP contribution in [0.4, 0.5) is 5.69 Å². The number of hydrogen-bond donors (Lipinski definition) is 0. The molecular weight excluding hydrogens is 282 g/mol. The summed E-state index contributed by atoms with van der Waals surface area (Å²) in [5.74, 6) is 0. The molecule has 2 aromatic heterocycles. The fourth-order valence-electron chi connectivity index (χ4n) is 3.11. The fraction of sp³-hybridized carbons (Fsp3) is 0.300. The number of pyridine rings is 1. The van der Waals surface area contributed by atoms with Crippen molar-refractivity contribution in [2.45, 2.75) is 41.5 Å². The summed E-state index contributed by atoms with van der Waals surface area (Å²) in [7, 11) is 0. The lowest BCUT2D eigenvalue weighted by Gasteiger charge is -2.07. The highest BCUT2D eigenvalue weighted by molar-refractivity contribution is 5.87. The largest absolute Gasteiger partial charge is 0.302 e. The number of nitrogens with zero attached hydrogens (tertiary/aromatic N) is 3. The molecule has 0 atom stereocenters. The van der Waals surface area contributed by atoms with E-state index in [1.165, 1.54) is 33.5 Å². The maximum atomic E-state index is 4.76. The van der Waals surface area contributed by atoms with E-state index in [-0.39, 0.29) is 0 Å². The first-order valence-electron chi connectivity index (χ1n) is 7.94. The Hall–Kier alpha value is -2.42. The van der Waals surface area contributed by atoms with Crippen LogP contribution < -0.4 is 0 Å². The number of fused-ring (bicyclic) bond motifs is 1. The topological polar surface area (TPSA) is 29.7 Å². The van der Waals surface area contributed by atoms with Crippen LogP contribution in [0.3, 0.4) is 0 Å². The van der Waals surface area contributed by atoms with Gasteiger partial charge in [0.15, 0.2) is 5.65 Å². The van der Waals surface area contributed by atoms with Crippen molar-refractivity contribution in [3.8, 4) is 0 Å². The summed E-state index contributed by atoms with van der Waals surface area (Å²) < 4.78 is 2.13. The fourth-order valence-corrected chi connectivity index (χ4v) is 3.11. The molecule has 0 radical (unpaired) electrons. The Kier molecular flexibility index (Phi) is 3.80. The Bertz CT molecular complexity index is 907. The van der Waals surface area contributed by atoms with Gasteiger partial charge in [-0.25, -0.2) is 4.98 Å². The lowest BCUT2D eigenvalue weighted by molar-refractivity contribution is 1.08. The molecule has 0 aliphatic carbocycles. The Morgan fingerprint density at radius 3 is 2.22 bits per heavy atom. The van der Waals surface area contributed by atoms with Crippen LogP contribution in [0.2, 0.25) is 0 Å². The minimum absolute atomic E-state index is 0.917. The number of imidazole rings is 1. The monoisotopic (exact) mass is 305 g/mol. The Balaban J connectivity index is 2.14. The Morgan fingerprint density at radius 2 is 1.57 bits per heavy atom. The number of aromatic nitrogens is 2. The van der Waals surface area contributed by atoms with Crippen LogP contribution >= 0.6 is 0 Å². The van der Waals surface area contributed by atoms with E-state index in [9.17, 15) is 0 Å². The molecule has 0 saturated carbocycles. The SMILES string of the molecule is Cc1cc(C)c(C=Nc2cc(C)cn3c(C)c(C)nc23)c(C)c1. The third-order valence-electron chi connectivity index (χ3n) is 4.38. The molecule has 0 bridgehead atoms. The van der Waals surface area contributed by atoms with Gasteiger partial charge in [0.1, 0.15) is 5.69 Å². The standard InChI is InChI=1S/C20H23N3/c1-12-7-14(3)18(15(4)8-12)10-21-19-9-13(2)11-23-17(6)16(5)22-20(19)23/h7-11H,1-6H3. The number of benzene rings is 1. The van der Waals surface area contributed by atoms with Crippen LogP contribution in [0.25, 0.3) is 5.65 Å². The number of aryl methyl sites for hydroxylation is 6. The van der Waals surface area contributed by atoms with Crippen LogP contribution in [-0.4, -0.2) is 15.6 Å². The molecule has 0 aliphatic heterocycles. The summed E-state index contributed by atoms with van der Waals surface area (Å²) in [6, 6.07) is 6.49. The van der Waals surface area contributed by atoms with Crippen LogP contribution in [0, 0.1) is 41.5 Å². The molecule has 1 aromatic carbocycles. The van der Waals surface area contributed by atoms with Crippen LogP contribution in [-0.2, 0) is 0 Å². The molecule has 0 amide bonds. The summed E-state index contributed by atoms with van der Waals surface area (Å²) in [6.07, 6.45) is 4.09. The lowest BCUT2D eigenvalue weighted by Crippen LogP contribution is -1.94. The van der Waals surface area contributed by atoms with E-state index in [1.54, 1.807) is 0 Å². The molecule has 0 saturated heterocycles. The van der Waals surface area contributed by atoms with Gasteiger partial charge < -0.3 is 4.40 Å². The van der Waals surface area contributed by atoms with E-state index in [2.05, 4.69) is 68.4 Å². The summed E-state index contributed by atoms with van der Waals surface area (Å²) >= 11 is 0. The third kappa shape index (κ3) is 2.79. The van der Waals surface area contributed by atoms with Gasteiger partial charge in [-0.1, -0.05) is 17.7 Å². The second-order valence-corrected chi connectivity index (χ2v) is 6.45. The molecule has 0 spiro atoms. The zero-order chi connectivity index (χ0) is 16.7. The van der Waals surface area contributed by atoms with Gasteiger partial charge in [0, 0.05) is 18.1 Å². The van der Waals surface area contributed by atoms with Gasteiger partial charge in [-0.05, 0) is 69.9 Å². The van der Waals surface area contributed by atoms with Crippen molar-refractivity contribution in [3.63, 3.8) is 0 Å². The molecule has 3 heteroatoms. The van der Waals surface area contributed by atoms with Gasteiger partial charge >= 0.3 is 0 Å². The molecule has 2 heterocycles. The molecule has 3 nitrogen and oxygen atoms in total. The van der Waals surface area contributed by atoms with Crippen molar-refractivity contribution < 1.29 is 0 Å². The molecule has 118 valence electrons. The highest BCUT2D eigenvalue weighted by atomic mass is 15.0. The minimum atomic E-state index is 0.917. The minimum Gasteiger partial charge on any atom is -0.302 e. The van der Waals surface area contributed by atoms with Gasteiger partial charge in [0.2, 0.25) is 0 Å². The molecule has 23 heavy (non-hydrogen) atoms. The summed E-state index contributed by atoms with van der Waals surface area (Å²) in [5.41, 5.74) is 10.2. The van der Waals surface area contributed by atoms with Crippen LogP contribution in [0.15, 0.2) is 29.4 Å². The lowest BCUT2D eigenvalue weighted by atomic mass is 10.0. The smallest absolute Gasteiger partial charge is 0.163 e. The zero-order valence-corrected chi connectivity index (χ0v) is 14.7. The van der Waals surface area contributed by atoms with E-state index >= 15 is 0 Å². The molecular formula is C20H23N3. The predicted molar refractivity (Wildman–Crippen MR) is 97.3 cm³/mol. The Labute approximate surface area is 137 Å². The van der Waals surface area contributed by atoms with Crippen LogP contribution in [0.1, 0.15) is 39.2 Å². The molecule has 0 aliphatic rings. The maximum absolute atomic E-state index is 4.76. The van der Waals surface area contributed by atoms with Gasteiger partial charge in [-0.3, -0.25) is 4.99 Å². The normalized spacial score (nSPS) is 11.7. The zero-order valence-electron chi connectivity index (χ0n) is 14.7. The molecule has 3 rings (SSSR count). The first kappa shape index (κ1) is 15.5. The molecule has 0 fully saturated rings. The first-order valence-corrected chi connectivity index (χ1v) is 7.94. The highest BCUT2D eigenvalue weighted by Gasteiger charge is 2.09. The number of rotatable bonds is 2. The Morgan fingerprint density at radius 1 is 0.913 bits per heavy atom. The van der Waals surface area contributed by atoms with Gasteiger partial charge in [-0.2, -0.15) is 0 Å². The number of hydrogen-bond acceptors (Lipinski definition) is 2. The summed E-state index contributed by atoms with van der Waals surface area (Å²) in [5, 5.41) is 0. The average molecular weight is 305 g/mol. The average Bonchev–Trinajstić information content (AvgIpc) is 2.74. The second-order valence-electron chi connectivity index (χ2n) is 6.45. The molecule has 3 aromatic rings. The van der Waals surface area contributed by atoms with Crippen molar-refractivity contribution in [2.24, 2.45) is 4.99 Å². The van der Waals surface area contributed by atoms with E-state index in [0.29, 0.717) is 0 Å². The maximum Gasteiger partial charge on any atom is 0.163 e. The van der Waals surface area contributed by atoms with Crippen molar-refractivity contribution >= 4 is 17.5 Å². The van der Waals surface area contributed by atoms with E-state index in [4.69, 9.17) is 4.99 Å². The van der Waals surface area contributed by atoms with Gasteiger partial charge in [-0.15, -0.1) is 0 Å². The second kappa shape index (κ2) is 5.65. The third-order valence-corrected chi connectivity index (χ3v) is 4.38.